The molecule has 1 aromatic rings. The van der Waals surface area contributed by atoms with Crippen LogP contribution in [0.25, 0.3) is 0 Å². The van der Waals surface area contributed by atoms with E-state index < -0.39 is 0 Å². The summed E-state index contributed by atoms with van der Waals surface area (Å²) in [4.78, 5) is 4.24. The van der Waals surface area contributed by atoms with Crippen LogP contribution in [0.15, 0.2) is 17.3 Å². The van der Waals surface area contributed by atoms with Crippen LogP contribution >= 0.6 is 11.8 Å². The van der Waals surface area contributed by atoms with Gasteiger partial charge < -0.3 is 10.8 Å². The smallest absolute Gasteiger partial charge is 0.119 e. The van der Waals surface area contributed by atoms with Crippen molar-refractivity contribution in [3.05, 3.63) is 17.8 Å². The molecular weight excluding hydrogens is 196 g/mol. The summed E-state index contributed by atoms with van der Waals surface area (Å²) in [7, 11) is 0. The molecule has 0 aliphatic carbocycles. The van der Waals surface area contributed by atoms with E-state index >= 15 is 0 Å². The maximum Gasteiger partial charge on any atom is 0.119 e. The highest BCUT2D eigenvalue weighted by Crippen LogP contribution is 2.24. The van der Waals surface area contributed by atoms with Crippen molar-refractivity contribution in [2.24, 2.45) is 5.92 Å². The fraction of sp³-hybridized carbons (Fsp3) is 0.500. The monoisotopic (exact) mass is 212 g/mol. The summed E-state index contributed by atoms with van der Waals surface area (Å²) in [6.45, 7) is 4.17. The summed E-state index contributed by atoms with van der Waals surface area (Å²) in [5, 5.41) is 9.72. The molecule has 4 heteroatoms. The van der Waals surface area contributed by atoms with Crippen LogP contribution in [0.3, 0.4) is 0 Å². The highest BCUT2D eigenvalue weighted by molar-refractivity contribution is 7.99. The molecule has 3 N–H and O–H groups in total. The first-order valence-corrected chi connectivity index (χ1v) is 5.57. The molecule has 1 heterocycles. The number of nitrogen functional groups attached to an aromatic ring is 1. The van der Waals surface area contributed by atoms with Gasteiger partial charge in [0.2, 0.25) is 0 Å². The largest absolute Gasteiger partial charge is 0.397 e. The van der Waals surface area contributed by atoms with Crippen molar-refractivity contribution in [1.29, 1.82) is 0 Å². The summed E-state index contributed by atoms with van der Waals surface area (Å²) in [6.07, 6.45) is 1.81. The minimum Gasteiger partial charge on any atom is -0.397 e. The highest BCUT2D eigenvalue weighted by Gasteiger charge is 2.05. The van der Waals surface area contributed by atoms with Gasteiger partial charge in [0.05, 0.1) is 5.69 Å². The first-order chi connectivity index (χ1) is 6.63. The van der Waals surface area contributed by atoms with E-state index in [0.717, 1.165) is 22.0 Å². The van der Waals surface area contributed by atoms with E-state index in [4.69, 9.17) is 10.8 Å². The Labute approximate surface area is 88.7 Å². The van der Waals surface area contributed by atoms with Gasteiger partial charge in [0, 0.05) is 18.6 Å². The van der Waals surface area contributed by atoms with Crippen LogP contribution in [0.2, 0.25) is 0 Å². The second-order valence-electron chi connectivity index (χ2n) is 3.51. The van der Waals surface area contributed by atoms with Crippen molar-refractivity contribution in [2.45, 2.75) is 18.9 Å². The van der Waals surface area contributed by atoms with Crippen LogP contribution in [0.5, 0.6) is 0 Å². The summed E-state index contributed by atoms with van der Waals surface area (Å²) >= 11 is 1.59. The van der Waals surface area contributed by atoms with Gasteiger partial charge in [0.25, 0.3) is 0 Å². The molecule has 1 unspecified atom stereocenters. The third-order valence-electron chi connectivity index (χ3n) is 1.83. The Morgan fingerprint density at radius 3 is 2.93 bits per heavy atom. The third-order valence-corrected chi connectivity index (χ3v) is 3.18. The van der Waals surface area contributed by atoms with E-state index in [0.29, 0.717) is 0 Å². The number of aromatic nitrogens is 1. The number of thioether (sulfide) groups is 1. The zero-order chi connectivity index (χ0) is 10.6. The summed E-state index contributed by atoms with van der Waals surface area (Å²) in [6, 6.07) is 1.92. The summed E-state index contributed by atoms with van der Waals surface area (Å²) in [5.41, 5.74) is 7.60. The zero-order valence-electron chi connectivity index (χ0n) is 8.53. The van der Waals surface area contributed by atoms with Crippen molar-refractivity contribution in [1.82, 2.24) is 4.98 Å². The van der Waals surface area contributed by atoms with E-state index in [2.05, 4.69) is 4.98 Å². The molecule has 0 bridgehead atoms. The number of pyridine rings is 1. The number of hydrogen-bond donors (Lipinski definition) is 2. The second-order valence-corrected chi connectivity index (χ2v) is 4.51. The van der Waals surface area contributed by atoms with Gasteiger partial charge in [-0.1, -0.05) is 6.92 Å². The van der Waals surface area contributed by atoms with Crippen LogP contribution < -0.4 is 5.73 Å². The van der Waals surface area contributed by atoms with Crippen LogP contribution in [-0.4, -0.2) is 22.5 Å². The predicted octanol–water partition coefficient (Wildman–Crippen LogP) is 1.69. The van der Waals surface area contributed by atoms with Gasteiger partial charge in [-0.3, -0.25) is 0 Å². The minimum absolute atomic E-state index is 0.207. The lowest BCUT2D eigenvalue weighted by Gasteiger charge is -2.08. The standard InChI is InChI=1S/C10H16N2OS/c1-7-3-9(11)10(12-4-7)14-6-8(2)5-13/h3-4,8,13H,5-6,11H2,1-2H3. The van der Waals surface area contributed by atoms with E-state index in [1.165, 1.54) is 0 Å². The molecule has 0 spiro atoms. The molecule has 1 atom stereocenters. The number of anilines is 1. The second kappa shape index (κ2) is 5.22. The molecule has 14 heavy (non-hydrogen) atoms. The summed E-state index contributed by atoms with van der Waals surface area (Å²) < 4.78 is 0. The lowest BCUT2D eigenvalue weighted by Crippen LogP contribution is -2.04. The number of aliphatic hydroxyl groups excluding tert-OH is 1. The normalized spacial score (nSPS) is 12.8. The topological polar surface area (TPSA) is 59.1 Å². The third kappa shape index (κ3) is 3.20. The van der Waals surface area contributed by atoms with Gasteiger partial charge >= 0.3 is 0 Å². The SMILES string of the molecule is Cc1cnc(SCC(C)CO)c(N)c1. The maximum atomic E-state index is 8.86. The molecule has 0 fully saturated rings. The Kier molecular flexibility index (Phi) is 4.22. The van der Waals surface area contributed by atoms with E-state index in [1.807, 2.05) is 26.1 Å². The highest BCUT2D eigenvalue weighted by atomic mass is 32.2. The Morgan fingerprint density at radius 1 is 1.64 bits per heavy atom. The van der Waals surface area contributed by atoms with E-state index in [1.54, 1.807) is 11.8 Å². The van der Waals surface area contributed by atoms with Crippen molar-refractivity contribution in [3.63, 3.8) is 0 Å². The zero-order valence-corrected chi connectivity index (χ0v) is 9.34. The molecule has 0 aliphatic rings. The van der Waals surface area contributed by atoms with Crippen molar-refractivity contribution in [3.8, 4) is 0 Å². The van der Waals surface area contributed by atoms with Crippen molar-refractivity contribution >= 4 is 17.4 Å². The number of hydrogen-bond acceptors (Lipinski definition) is 4. The number of aryl methyl sites for hydroxylation is 1. The van der Waals surface area contributed by atoms with Crippen LogP contribution in [-0.2, 0) is 0 Å². The van der Waals surface area contributed by atoms with Gasteiger partial charge in [-0.15, -0.1) is 11.8 Å². The molecule has 3 nitrogen and oxygen atoms in total. The fourth-order valence-electron chi connectivity index (χ4n) is 0.974. The Hall–Kier alpha value is -0.740. The lowest BCUT2D eigenvalue weighted by molar-refractivity contribution is 0.250. The van der Waals surface area contributed by atoms with Crippen LogP contribution in [0.4, 0.5) is 5.69 Å². The number of rotatable bonds is 4. The first kappa shape index (κ1) is 11.3. The maximum absolute atomic E-state index is 8.86. The molecular formula is C10H16N2OS. The molecule has 78 valence electrons. The van der Waals surface area contributed by atoms with E-state index in [-0.39, 0.29) is 12.5 Å². The Bertz CT molecular complexity index is 304. The summed E-state index contributed by atoms with van der Waals surface area (Å²) in [5.74, 6) is 1.12. The average Bonchev–Trinajstić information content (AvgIpc) is 2.16. The van der Waals surface area contributed by atoms with Gasteiger partial charge in [-0.2, -0.15) is 0 Å². The van der Waals surface area contributed by atoms with Gasteiger partial charge in [0.1, 0.15) is 5.03 Å². The Balaban J connectivity index is 2.59. The van der Waals surface area contributed by atoms with Crippen molar-refractivity contribution in [2.75, 3.05) is 18.1 Å². The van der Waals surface area contributed by atoms with Crippen LogP contribution in [0, 0.1) is 12.8 Å². The number of aliphatic hydroxyl groups is 1. The van der Waals surface area contributed by atoms with Crippen molar-refractivity contribution < 1.29 is 5.11 Å². The minimum atomic E-state index is 0.207. The van der Waals surface area contributed by atoms with Gasteiger partial charge in [-0.05, 0) is 24.5 Å². The molecule has 0 saturated carbocycles. The average molecular weight is 212 g/mol. The Morgan fingerprint density at radius 2 is 2.36 bits per heavy atom. The quantitative estimate of drug-likeness (QED) is 0.746. The molecule has 0 saturated heterocycles. The number of nitrogens with zero attached hydrogens (tertiary/aromatic N) is 1. The number of nitrogens with two attached hydrogens (primary N) is 1. The molecule has 0 aromatic carbocycles. The van der Waals surface area contributed by atoms with Gasteiger partial charge in [0.15, 0.2) is 0 Å². The predicted molar refractivity (Wildman–Crippen MR) is 60.4 cm³/mol. The van der Waals surface area contributed by atoms with Crippen LogP contribution in [0.1, 0.15) is 12.5 Å². The molecule has 0 radical (unpaired) electrons. The molecule has 0 aliphatic heterocycles. The fourth-order valence-corrected chi connectivity index (χ4v) is 1.87. The lowest BCUT2D eigenvalue weighted by atomic mass is 10.2. The molecule has 1 aromatic heterocycles. The van der Waals surface area contributed by atoms with Gasteiger partial charge in [-0.25, -0.2) is 4.98 Å². The first-order valence-electron chi connectivity index (χ1n) is 4.59. The molecule has 0 amide bonds. The molecule has 1 rings (SSSR count). The van der Waals surface area contributed by atoms with E-state index in [9.17, 15) is 0 Å².